The number of carboxylic acids is 1. The SMILES string of the molecule is CCn1ccc(NC(=O)C[C@H](CC(=O)O)c2ccc(OC)cc2)n1. The van der Waals surface area contributed by atoms with Crippen LogP contribution < -0.4 is 10.1 Å². The lowest BCUT2D eigenvalue weighted by Crippen LogP contribution is -2.18. The monoisotopic (exact) mass is 331 g/mol. The smallest absolute Gasteiger partial charge is 0.303 e. The minimum Gasteiger partial charge on any atom is -0.497 e. The maximum absolute atomic E-state index is 12.2. The highest BCUT2D eigenvalue weighted by molar-refractivity contribution is 5.90. The van der Waals surface area contributed by atoms with Gasteiger partial charge in [-0.25, -0.2) is 0 Å². The third-order valence-electron chi connectivity index (χ3n) is 3.67. The molecule has 0 aliphatic heterocycles. The molecular weight excluding hydrogens is 310 g/mol. The van der Waals surface area contributed by atoms with E-state index in [1.165, 1.54) is 0 Å². The van der Waals surface area contributed by atoms with E-state index < -0.39 is 11.9 Å². The first-order chi connectivity index (χ1) is 11.5. The zero-order valence-corrected chi connectivity index (χ0v) is 13.7. The number of amides is 1. The van der Waals surface area contributed by atoms with Crippen LogP contribution in [0.2, 0.25) is 0 Å². The summed E-state index contributed by atoms with van der Waals surface area (Å²) in [6.07, 6.45) is 1.72. The minimum atomic E-state index is -0.945. The molecule has 1 aromatic carbocycles. The molecule has 1 atom stereocenters. The topological polar surface area (TPSA) is 93.5 Å². The Bertz CT molecular complexity index is 694. The van der Waals surface area contributed by atoms with Crippen LogP contribution in [0.25, 0.3) is 0 Å². The molecule has 0 spiro atoms. The molecule has 7 nitrogen and oxygen atoms in total. The molecule has 2 rings (SSSR count). The van der Waals surface area contributed by atoms with Crippen molar-refractivity contribution in [2.24, 2.45) is 0 Å². The molecule has 0 saturated carbocycles. The van der Waals surface area contributed by atoms with Crippen LogP contribution in [-0.2, 0) is 16.1 Å². The van der Waals surface area contributed by atoms with Gasteiger partial charge in [0, 0.05) is 31.1 Å². The van der Waals surface area contributed by atoms with Crippen molar-refractivity contribution in [1.82, 2.24) is 9.78 Å². The fourth-order valence-electron chi connectivity index (χ4n) is 2.42. The van der Waals surface area contributed by atoms with Crippen LogP contribution in [0.5, 0.6) is 5.75 Å². The third kappa shape index (κ3) is 4.84. The molecule has 1 heterocycles. The Morgan fingerprint density at radius 1 is 1.25 bits per heavy atom. The number of carbonyl (C=O) groups excluding carboxylic acids is 1. The Kier molecular flexibility index (Phi) is 5.95. The second kappa shape index (κ2) is 8.14. The quantitative estimate of drug-likeness (QED) is 0.775. The fraction of sp³-hybridized carbons (Fsp3) is 0.353. The average Bonchev–Trinajstić information content (AvgIpc) is 3.01. The molecular formula is C17H21N3O4. The van der Waals surface area contributed by atoms with E-state index in [0.29, 0.717) is 18.1 Å². The number of anilines is 1. The summed E-state index contributed by atoms with van der Waals surface area (Å²) >= 11 is 0. The Balaban J connectivity index is 2.06. The molecule has 2 N–H and O–H groups in total. The Hall–Kier alpha value is -2.83. The standard InChI is InChI=1S/C17H21N3O4/c1-3-20-9-8-15(19-20)18-16(21)10-13(11-17(22)23)12-4-6-14(24-2)7-5-12/h4-9,13H,3,10-11H2,1-2H3,(H,22,23)(H,18,19,21)/t13-/m1/s1. The minimum absolute atomic E-state index is 0.0671. The highest BCUT2D eigenvalue weighted by atomic mass is 16.5. The normalized spacial score (nSPS) is 11.8. The number of aryl methyl sites for hydroxylation is 1. The third-order valence-corrected chi connectivity index (χ3v) is 3.67. The number of methoxy groups -OCH3 is 1. The van der Waals surface area contributed by atoms with Crippen molar-refractivity contribution in [3.8, 4) is 5.75 Å². The van der Waals surface area contributed by atoms with E-state index in [0.717, 1.165) is 5.56 Å². The van der Waals surface area contributed by atoms with Gasteiger partial charge in [-0.3, -0.25) is 14.3 Å². The van der Waals surface area contributed by atoms with Crippen molar-refractivity contribution in [2.75, 3.05) is 12.4 Å². The Morgan fingerprint density at radius 2 is 1.96 bits per heavy atom. The van der Waals surface area contributed by atoms with Gasteiger partial charge in [0.2, 0.25) is 5.91 Å². The zero-order valence-electron chi connectivity index (χ0n) is 13.7. The van der Waals surface area contributed by atoms with Gasteiger partial charge in [-0.1, -0.05) is 12.1 Å². The van der Waals surface area contributed by atoms with E-state index in [4.69, 9.17) is 9.84 Å². The average molecular weight is 331 g/mol. The van der Waals surface area contributed by atoms with Gasteiger partial charge < -0.3 is 15.2 Å². The lowest BCUT2D eigenvalue weighted by atomic mass is 9.92. The van der Waals surface area contributed by atoms with Crippen LogP contribution in [0.15, 0.2) is 36.5 Å². The van der Waals surface area contributed by atoms with Crippen LogP contribution in [0.3, 0.4) is 0 Å². The van der Waals surface area contributed by atoms with E-state index in [1.807, 2.05) is 6.92 Å². The van der Waals surface area contributed by atoms with Crippen LogP contribution >= 0.6 is 0 Å². The lowest BCUT2D eigenvalue weighted by Gasteiger charge is -2.15. The van der Waals surface area contributed by atoms with Gasteiger partial charge in [0.05, 0.1) is 13.5 Å². The summed E-state index contributed by atoms with van der Waals surface area (Å²) in [4.78, 5) is 23.3. The van der Waals surface area contributed by atoms with Crippen LogP contribution in [0, 0.1) is 0 Å². The number of hydrogen-bond donors (Lipinski definition) is 2. The molecule has 0 radical (unpaired) electrons. The molecule has 7 heteroatoms. The molecule has 0 aliphatic carbocycles. The summed E-state index contributed by atoms with van der Waals surface area (Å²) in [6.45, 7) is 2.66. The largest absolute Gasteiger partial charge is 0.497 e. The molecule has 0 bridgehead atoms. The summed E-state index contributed by atoms with van der Waals surface area (Å²) < 4.78 is 6.80. The van der Waals surface area contributed by atoms with Gasteiger partial charge in [-0.15, -0.1) is 0 Å². The molecule has 0 aliphatic rings. The number of nitrogens with one attached hydrogen (secondary N) is 1. The van der Waals surface area contributed by atoms with E-state index in [-0.39, 0.29) is 18.7 Å². The molecule has 128 valence electrons. The number of benzene rings is 1. The second-order valence-corrected chi connectivity index (χ2v) is 5.38. The van der Waals surface area contributed by atoms with Gasteiger partial charge in [0.15, 0.2) is 5.82 Å². The summed E-state index contributed by atoms with van der Waals surface area (Å²) in [7, 11) is 1.56. The number of carbonyl (C=O) groups is 2. The maximum Gasteiger partial charge on any atom is 0.303 e. The predicted molar refractivity (Wildman–Crippen MR) is 89.1 cm³/mol. The lowest BCUT2D eigenvalue weighted by molar-refractivity contribution is -0.137. The first-order valence-corrected chi connectivity index (χ1v) is 7.71. The number of carboxylic acid groups (broad SMARTS) is 1. The van der Waals surface area contributed by atoms with E-state index >= 15 is 0 Å². The Morgan fingerprint density at radius 3 is 2.50 bits per heavy atom. The van der Waals surface area contributed by atoms with Gasteiger partial charge in [-0.2, -0.15) is 5.10 Å². The van der Waals surface area contributed by atoms with Gasteiger partial charge in [-0.05, 0) is 24.6 Å². The Labute approximate surface area is 140 Å². The van der Waals surface area contributed by atoms with E-state index in [1.54, 1.807) is 48.3 Å². The van der Waals surface area contributed by atoms with E-state index in [9.17, 15) is 9.59 Å². The molecule has 2 aromatic rings. The number of aromatic nitrogens is 2. The van der Waals surface area contributed by atoms with Crippen molar-refractivity contribution >= 4 is 17.7 Å². The zero-order chi connectivity index (χ0) is 17.5. The van der Waals surface area contributed by atoms with Crippen molar-refractivity contribution in [3.63, 3.8) is 0 Å². The molecule has 1 amide bonds. The number of rotatable bonds is 8. The molecule has 0 unspecified atom stereocenters. The first kappa shape index (κ1) is 17.5. The fourth-order valence-corrected chi connectivity index (χ4v) is 2.42. The van der Waals surface area contributed by atoms with Crippen LogP contribution in [0.1, 0.15) is 31.2 Å². The van der Waals surface area contributed by atoms with Gasteiger partial charge in [0.25, 0.3) is 0 Å². The maximum atomic E-state index is 12.2. The van der Waals surface area contributed by atoms with Crippen molar-refractivity contribution < 1.29 is 19.4 Å². The van der Waals surface area contributed by atoms with Gasteiger partial charge >= 0.3 is 5.97 Å². The summed E-state index contributed by atoms with van der Waals surface area (Å²) in [5.74, 6) is -0.480. The predicted octanol–water partition coefficient (Wildman–Crippen LogP) is 2.50. The number of ether oxygens (including phenoxy) is 1. The van der Waals surface area contributed by atoms with Crippen molar-refractivity contribution in [3.05, 3.63) is 42.1 Å². The first-order valence-electron chi connectivity index (χ1n) is 7.71. The molecule has 0 saturated heterocycles. The number of aliphatic carboxylic acids is 1. The molecule has 0 fully saturated rings. The molecule has 24 heavy (non-hydrogen) atoms. The highest BCUT2D eigenvalue weighted by Gasteiger charge is 2.20. The van der Waals surface area contributed by atoms with Crippen LogP contribution in [-0.4, -0.2) is 33.9 Å². The summed E-state index contributed by atoms with van der Waals surface area (Å²) in [5.41, 5.74) is 0.785. The second-order valence-electron chi connectivity index (χ2n) is 5.38. The summed E-state index contributed by atoms with van der Waals surface area (Å²) in [6, 6.07) is 8.79. The summed E-state index contributed by atoms with van der Waals surface area (Å²) in [5, 5.41) is 16.0. The van der Waals surface area contributed by atoms with Gasteiger partial charge in [0.1, 0.15) is 5.75 Å². The molecule has 1 aromatic heterocycles. The highest BCUT2D eigenvalue weighted by Crippen LogP contribution is 2.26. The van der Waals surface area contributed by atoms with Crippen LogP contribution in [0.4, 0.5) is 5.82 Å². The van der Waals surface area contributed by atoms with Crippen molar-refractivity contribution in [1.29, 1.82) is 0 Å². The number of hydrogen-bond acceptors (Lipinski definition) is 4. The van der Waals surface area contributed by atoms with E-state index in [2.05, 4.69) is 10.4 Å². The van der Waals surface area contributed by atoms with Crippen molar-refractivity contribution in [2.45, 2.75) is 32.2 Å². The number of nitrogens with zero attached hydrogens (tertiary/aromatic N) is 2.